The maximum atomic E-state index is 12.4. The highest BCUT2D eigenvalue weighted by Crippen LogP contribution is 2.33. The molecule has 1 aromatic rings. The Balaban J connectivity index is 1.59. The molecule has 1 fully saturated rings. The zero-order chi connectivity index (χ0) is 15.0. The summed E-state index contributed by atoms with van der Waals surface area (Å²) < 4.78 is 0. The van der Waals surface area contributed by atoms with E-state index >= 15 is 0 Å². The molecule has 3 heterocycles. The van der Waals surface area contributed by atoms with Crippen LogP contribution in [-0.4, -0.2) is 35.3 Å². The van der Waals surface area contributed by atoms with Gasteiger partial charge < -0.3 is 10.2 Å². The van der Waals surface area contributed by atoms with E-state index in [1.165, 1.54) is 10.4 Å². The second kappa shape index (κ2) is 5.48. The van der Waals surface area contributed by atoms with Crippen LogP contribution in [0.2, 0.25) is 0 Å². The molecule has 3 rings (SSSR count). The maximum absolute atomic E-state index is 12.4. The van der Waals surface area contributed by atoms with Gasteiger partial charge >= 0.3 is 6.03 Å². The van der Waals surface area contributed by atoms with Gasteiger partial charge in [0.05, 0.1) is 6.04 Å². The number of rotatable bonds is 3. The molecule has 112 valence electrons. The van der Waals surface area contributed by atoms with E-state index in [1.807, 2.05) is 11.8 Å². The first-order chi connectivity index (χ1) is 10.1. The topological polar surface area (TPSA) is 78.5 Å². The molecule has 2 aliphatic heterocycles. The zero-order valence-electron chi connectivity index (χ0n) is 11.7. The minimum absolute atomic E-state index is 0.0355. The number of carbonyl (C=O) groups excluding carboxylic acids is 3. The molecular formula is C14H17N3O3S. The van der Waals surface area contributed by atoms with Crippen molar-refractivity contribution in [1.29, 1.82) is 0 Å². The monoisotopic (exact) mass is 307 g/mol. The van der Waals surface area contributed by atoms with E-state index in [0.29, 0.717) is 6.42 Å². The molecule has 0 radical (unpaired) electrons. The molecule has 2 aliphatic rings. The van der Waals surface area contributed by atoms with Crippen molar-refractivity contribution in [1.82, 2.24) is 15.5 Å². The average molecular weight is 307 g/mol. The fraction of sp³-hybridized carbons (Fsp3) is 0.500. The molecule has 2 atom stereocenters. The molecule has 21 heavy (non-hydrogen) atoms. The molecule has 4 amide bonds. The van der Waals surface area contributed by atoms with Crippen LogP contribution in [-0.2, 0) is 16.0 Å². The number of thiophene rings is 1. The van der Waals surface area contributed by atoms with E-state index in [2.05, 4.69) is 22.1 Å². The molecule has 0 aliphatic carbocycles. The number of amides is 4. The van der Waals surface area contributed by atoms with Gasteiger partial charge in [0.2, 0.25) is 5.91 Å². The smallest absolute Gasteiger partial charge is 0.322 e. The summed E-state index contributed by atoms with van der Waals surface area (Å²) in [5.74, 6) is -0.312. The van der Waals surface area contributed by atoms with Gasteiger partial charge in [0.1, 0.15) is 6.04 Å². The standard InChI is InChI=1S/C14H17N3O3S/c1-8-9-5-7-21-11(9)4-6-17(8)12(18)3-2-10-13(19)16-14(20)15-10/h5,7-8,10H,2-4,6H2,1H3,(H2,15,16,19,20)/t8-,10-/m0/s1. The number of nitrogens with zero attached hydrogens (tertiary/aromatic N) is 1. The molecule has 0 bridgehead atoms. The van der Waals surface area contributed by atoms with E-state index in [4.69, 9.17) is 0 Å². The second-order valence-corrected chi connectivity index (χ2v) is 6.37. The van der Waals surface area contributed by atoms with E-state index in [-0.39, 0.29) is 24.3 Å². The summed E-state index contributed by atoms with van der Waals surface area (Å²) in [7, 11) is 0. The molecule has 1 aromatic heterocycles. The molecule has 7 heteroatoms. The van der Waals surface area contributed by atoms with E-state index < -0.39 is 12.1 Å². The lowest BCUT2D eigenvalue weighted by molar-refractivity contribution is -0.134. The first kappa shape index (κ1) is 14.1. The van der Waals surface area contributed by atoms with Gasteiger partial charge in [-0.2, -0.15) is 0 Å². The van der Waals surface area contributed by atoms with Crippen molar-refractivity contribution in [2.45, 2.75) is 38.3 Å². The summed E-state index contributed by atoms with van der Waals surface area (Å²) in [5, 5.41) is 6.75. The first-order valence-electron chi connectivity index (χ1n) is 7.03. The van der Waals surface area contributed by atoms with Crippen LogP contribution in [0.5, 0.6) is 0 Å². The van der Waals surface area contributed by atoms with Crippen LogP contribution in [0, 0.1) is 0 Å². The second-order valence-electron chi connectivity index (χ2n) is 5.37. The van der Waals surface area contributed by atoms with Gasteiger partial charge in [-0.25, -0.2) is 4.79 Å². The van der Waals surface area contributed by atoms with Gasteiger partial charge in [0.15, 0.2) is 0 Å². The number of imide groups is 1. The Labute approximate surface area is 126 Å². The van der Waals surface area contributed by atoms with Crippen molar-refractivity contribution in [3.8, 4) is 0 Å². The number of urea groups is 1. The van der Waals surface area contributed by atoms with Crippen LogP contribution in [0.25, 0.3) is 0 Å². The summed E-state index contributed by atoms with van der Waals surface area (Å²) in [6.45, 7) is 2.75. The Morgan fingerprint density at radius 2 is 2.29 bits per heavy atom. The third-order valence-corrected chi connectivity index (χ3v) is 5.10. The van der Waals surface area contributed by atoms with E-state index in [9.17, 15) is 14.4 Å². The largest absolute Gasteiger partial charge is 0.336 e. The van der Waals surface area contributed by atoms with Crippen LogP contribution in [0.3, 0.4) is 0 Å². The lowest BCUT2D eigenvalue weighted by Gasteiger charge is -2.34. The molecule has 1 saturated heterocycles. The van der Waals surface area contributed by atoms with Crippen molar-refractivity contribution >= 4 is 29.2 Å². The van der Waals surface area contributed by atoms with Crippen LogP contribution in [0.15, 0.2) is 11.4 Å². The Kier molecular flexibility index (Phi) is 3.67. The summed E-state index contributed by atoms with van der Waals surface area (Å²) in [5.41, 5.74) is 1.23. The Bertz CT molecular complexity index is 598. The minimum atomic E-state index is -0.585. The highest BCUT2D eigenvalue weighted by Gasteiger charge is 2.32. The summed E-state index contributed by atoms with van der Waals surface area (Å²) in [4.78, 5) is 38.1. The molecule has 0 aromatic carbocycles. The van der Waals surface area contributed by atoms with Gasteiger partial charge in [-0.05, 0) is 36.8 Å². The van der Waals surface area contributed by atoms with Crippen molar-refractivity contribution in [2.24, 2.45) is 0 Å². The van der Waals surface area contributed by atoms with E-state index in [0.717, 1.165) is 13.0 Å². The Hall–Kier alpha value is -1.89. The number of fused-ring (bicyclic) bond motifs is 1. The van der Waals surface area contributed by atoms with Gasteiger partial charge in [-0.1, -0.05) is 0 Å². The zero-order valence-corrected chi connectivity index (χ0v) is 12.5. The fourth-order valence-corrected chi connectivity index (χ4v) is 3.89. The average Bonchev–Trinajstić information content (AvgIpc) is 3.03. The summed E-state index contributed by atoms with van der Waals surface area (Å²) in [6, 6.07) is 1.10. The molecule has 0 spiro atoms. The highest BCUT2D eigenvalue weighted by molar-refractivity contribution is 7.10. The van der Waals surface area contributed by atoms with Crippen LogP contribution >= 0.6 is 11.3 Å². The van der Waals surface area contributed by atoms with Crippen molar-refractivity contribution in [3.05, 3.63) is 21.9 Å². The lowest BCUT2D eigenvalue weighted by atomic mass is 10.0. The molecule has 2 N–H and O–H groups in total. The van der Waals surface area contributed by atoms with Gasteiger partial charge in [-0.15, -0.1) is 11.3 Å². The van der Waals surface area contributed by atoms with Crippen molar-refractivity contribution < 1.29 is 14.4 Å². The number of carbonyl (C=O) groups is 3. The predicted octanol–water partition coefficient (Wildman–Crippen LogP) is 1.18. The Morgan fingerprint density at radius 1 is 1.48 bits per heavy atom. The van der Waals surface area contributed by atoms with Crippen molar-refractivity contribution in [2.75, 3.05) is 6.54 Å². The Morgan fingerprint density at radius 3 is 3.00 bits per heavy atom. The highest BCUT2D eigenvalue weighted by atomic mass is 32.1. The SMILES string of the molecule is C[C@H]1c2ccsc2CCN1C(=O)CC[C@@H]1NC(=O)NC1=O. The van der Waals surface area contributed by atoms with Crippen LogP contribution < -0.4 is 10.6 Å². The minimum Gasteiger partial charge on any atom is -0.336 e. The molecule has 0 saturated carbocycles. The molecule has 6 nitrogen and oxygen atoms in total. The van der Waals surface area contributed by atoms with Gasteiger partial charge in [0, 0.05) is 17.8 Å². The molecule has 0 unspecified atom stereocenters. The first-order valence-corrected chi connectivity index (χ1v) is 7.91. The number of nitrogens with one attached hydrogen (secondary N) is 2. The third kappa shape index (κ3) is 2.65. The quantitative estimate of drug-likeness (QED) is 0.823. The fourth-order valence-electron chi connectivity index (χ4n) is 2.92. The third-order valence-electron chi connectivity index (χ3n) is 4.10. The van der Waals surface area contributed by atoms with E-state index in [1.54, 1.807) is 11.3 Å². The van der Waals surface area contributed by atoms with Gasteiger partial charge in [-0.3, -0.25) is 14.9 Å². The predicted molar refractivity (Wildman–Crippen MR) is 77.8 cm³/mol. The van der Waals surface area contributed by atoms with Crippen LogP contribution in [0.4, 0.5) is 4.79 Å². The number of hydrogen-bond donors (Lipinski definition) is 2. The van der Waals surface area contributed by atoms with Crippen molar-refractivity contribution in [3.63, 3.8) is 0 Å². The van der Waals surface area contributed by atoms with Gasteiger partial charge in [0.25, 0.3) is 5.91 Å². The number of hydrogen-bond acceptors (Lipinski definition) is 4. The lowest BCUT2D eigenvalue weighted by Crippen LogP contribution is -2.39. The molecular weight excluding hydrogens is 290 g/mol. The maximum Gasteiger partial charge on any atom is 0.322 e. The summed E-state index contributed by atoms with van der Waals surface area (Å²) in [6.07, 6.45) is 1.50. The normalized spacial score (nSPS) is 24.5. The van der Waals surface area contributed by atoms with Crippen LogP contribution in [0.1, 0.15) is 36.2 Å². The summed E-state index contributed by atoms with van der Waals surface area (Å²) >= 11 is 1.74.